The zero-order valence-electron chi connectivity index (χ0n) is 12.5. The van der Waals surface area contributed by atoms with Crippen molar-refractivity contribution in [3.05, 3.63) is 65.9 Å². The van der Waals surface area contributed by atoms with Crippen molar-refractivity contribution >= 4 is 16.9 Å². The highest BCUT2D eigenvalue weighted by Gasteiger charge is 2.38. The van der Waals surface area contributed by atoms with E-state index >= 15 is 0 Å². The van der Waals surface area contributed by atoms with Crippen molar-refractivity contribution in [2.45, 2.75) is 12.3 Å². The van der Waals surface area contributed by atoms with E-state index in [4.69, 9.17) is 4.74 Å². The Hall–Kier alpha value is -2.75. The summed E-state index contributed by atoms with van der Waals surface area (Å²) in [5.41, 5.74) is 2.41. The highest BCUT2D eigenvalue weighted by molar-refractivity contribution is 6.03. The monoisotopic (exact) mass is 307 g/mol. The van der Waals surface area contributed by atoms with Crippen LogP contribution in [0.5, 0.6) is 5.75 Å². The summed E-state index contributed by atoms with van der Waals surface area (Å²) in [6.07, 6.45) is 2.87. The lowest BCUT2D eigenvalue weighted by Gasteiger charge is -2.08. The standard InChI is InChI=1S/C19H17NO3/c21-19(22)17-9-14(10-18-15(17)6-7-20-18)23-11-13-8-16(13)12-4-2-1-3-5-12/h1-7,9-10,13,16,20H,8,11H2,(H,21,22). The lowest BCUT2D eigenvalue weighted by Crippen LogP contribution is -2.03. The first kappa shape index (κ1) is 13.9. The summed E-state index contributed by atoms with van der Waals surface area (Å²) in [7, 11) is 0. The molecule has 1 aliphatic carbocycles. The van der Waals surface area contributed by atoms with Gasteiger partial charge in [-0.2, -0.15) is 0 Å². The van der Waals surface area contributed by atoms with E-state index in [1.807, 2.05) is 12.1 Å². The summed E-state index contributed by atoms with van der Waals surface area (Å²) in [4.78, 5) is 14.4. The number of carbonyl (C=O) groups is 1. The molecule has 2 aromatic carbocycles. The lowest BCUT2D eigenvalue weighted by molar-refractivity contribution is 0.0698. The third-order valence-electron chi connectivity index (χ3n) is 4.49. The molecule has 2 unspecified atom stereocenters. The molecule has 0 radical (unpaired) electrons. The Balaban J connectivity index is 1.48. The molecule has 0 spiro atoms. The minimum atomic E-state index is -0.936. The van der Waals surface area contributed by atoms with E-state index in [9.17, 15) is 9.90 Å². The number of fused-ring (bicyclic) bond motifs is 1. The molecule has 2 N–H and O–H groups in total. The number of aromatic amines is 1. The predicted molar refractivity (Wildman–Crippen MR) is 88.0 cm³/mol. The molecule has 1 saturated carbocycles. The zero-order chi connectivity index (χ0) is 15.8. The van der Waals surface area contributed by atoms with E-state index in [2.05, 4.69) is 29.2 Å². The Morgan fingerprint density at radius 2 is 2.04 bits per heavy atom. The van der Waals surface area contributed by atoms with Gasteiger partial charge in [-0.05, 0) is 30.0 Å². The van der Waals surface area contributed by atoms with Gasteiger partial charge in [-0.25, -0.2) is 4.79 Å². The Kier molecular flexibility index (Phi) is 3.30. The van der Waals surface area contributed by atoms with Crippen LogP contribution in [0.25, 0.3) is 10.9 Å². The maximum Gasteiger partial charge on any atom is 0.336 e. The Morgan fingerprint density at radius 3 is 2.83 bits per heavy atom. The Labute approximate surface area is 133 Å². The second-order valence-corrected chi connectivity index (χ2v) is 6.04. The number of benzene rings is 2. The molecule has 1 aliphatic rings. The van der Waals surface area contributed by atoms with Gasteiger partial charge in [-0.1, -0.05) is 30.3 Å². The summed E-state index contributed by atoms with van der Waals surface area (Å²) in [5.74, 6) is 0.735. The largest absolute Gasteiger partial charge is 0.493 e. The third-order valence-corrected chi connectivity index (χ3v) is 4.49. The number of H-pyrrole nitrogens is 1. The van der Waals surface area contributed by atoms with E-state index < -0.39 is 5.97 Å². The minimum absolute atomic E-state index is 0.272. The van der Waals surface area contributed by atoms with E-state index in [-0.39, 0.29) is 5.56 Å². The van der Waals surface area contributed by atoms with Gasteiger partial charge < -0.3 is 14.8 Å². The molecule has 0 amide bonds. The minimum Gasteiger partial charge on any atom is -0.493 e. The molecule has 1 heterocycles. The molecule has 116 valence electrons. The summed E-state index contributed by atoms with van der Waals surface area (Å²) in [6, 6.07) is 15.7. The SMILES string of the molecule is O=C(O)c1cc(OCC2CC2c2ccccc2)cc2[nH]ccc12. The highest BCUT2D eigenvalue weighted by atomic mass is 16.5. The number of aromatic nitrogens is 1. The highest BCUT2D eigenvalue weighted by Crippen LogP contribution is 2.47. The molecular formula is C19H17NO3. The number of aromatic carboxylic acids is 1. The fourth-order valence-electron chi connectivity index (χ4n) is 3.14. The van der Waals surface area contributed by atoms with Crippen LogP contribution >= 0.6 is 0 Å². The van der Waals surface area contributed by atoms with E-state index in [1.165, 1.54) is 5.56 Å². The van der Waals surface area contributed by atoms with Crippen LogP contribution < -0.4 is 4.74 Å². The van der Waals surface area contributed by atoms with Crippen molar-refractivity contribution < 1.29 is 14.6 Å². The average molecular weight is 307 g/mol. The Bertz CT molecular complexity index is 853. The van der Waals surface area contributed by atoms with Crippen molar-refractivity contribution in [3.8, 4) is 5.75 Å². The van der Waals surface area contributed by atoms with E-state index in [0.29, 0.717) is 29.6 Å². The molecule has 1 fully saturated rings. The van der Waals surface area contributed by atoms with Gasteiger partial charge in [0, 0.05) is 29.1 Å². The molecule has 4 nitrogen and oxygen atoms in total. The van der Waals surface area contributed by atoms with Crippen LogP contribution in [0.15, 0.2) is 54.7 Å². The van der Waals surface area contributed by atoms with E-state index in [0.717, 1.165) is 11.9 Å². The van der Waals surface area contributed by atoms with Crippen LogP contribution in [0.2, 0.25) is 0 Å². The summed E-state index contributed by atoms with van der Waals surface area (Å²) in [6.45, 7) is 0.616. The van der Waals surface area contributed by atoms with Gasteiger partial charge in [-0.15, -0.1) is 0 Å². The predicted octanol–water partition coefficient (Wildman–Crippen LogP) is 4.05. The summed E-state index contributed by atoms with van der Waals surface area (Å²) < 4.78 is 5.87. The summed E-state index contributed by atoms with van der Waals surface area (Å²) in [5, 5.41) is 10.0. The first-order valence-corrected chi connectivity index (χ1v) is 7.74. The van der Waals surface area contributed by atoms with Crippen LogP contribution in [0, 0.1) is 5.92 Å². The van der Waals surface area contributed by atoms with Gasteiger partial charge in [0.1, 0.15) is 5.75 Å². The van der Waals surface area contributed by atoms with Gasteiger partial charge in [0.25, 0.3) is 0 Å². The molecule has 3 aromatic rings. The lowest BCUT2D eigenvalue weighted by atomic mass is 10.1. The molecule has 0 bridgehead atoms. The smallest absolute Gasteiger partial charge is 0.336 e. The van der Waals surface area contributed by atoms with Crippen molar-refractivity contribution in [2.75, 3.05) is 6.61 Å². The number of nitrogens with one attached hydrogen (secondary N) is 1. The van der Waals surface area contributed by atoms with Gasteiger partial charge in [0.05, 0.1) is 12.2 Å². The number of rotatable bonds is 5. The average Bonchev–Trinajstić information content (AvgIpc) is 3.20. The van der Waals surface area contributed by atoms with Gasteiger partial charge in [-0.3, -0.25) is 0 Å². The van der Waals surface area contributed by atoms with E-state index in [1.54, 1.807) is 18.3 Å². The second-order valence-electron chi connectivity index (χ2n) is 6.04. The van der Waals surface area contributed by atoms with Gasteiger partial charge in [0.15, 0.2) is 0 Å². The molecule has 2 atom stereocenters. The number of carboxylic acid groups (broad SMARTS) is 1. The normalized spacial score (nSPS) is 19.7. The number of ether oxygens (including phenoxy) is 1. The van der Waals surface area contributed by atoms with Crippen LogP contribution in [0.4, 0.5) is 0 Å². The molecule has 0 saturated heterocycles. The molecular weight excluding hydrogens is 290 g/mol. The Morgan fingerprint density at radius 1 is 1.22 bits per heavy atom. The molecule has 23 heavy (non-hydrogen) atoms. The first-order valence-electron chi connectivity index (χ1n) is 7.74. The molecule has 0 aliphatic heterocycles. The van der Waals surface area contributed by atoms with Crippen molar-refractivity contribution in [1.82, 2.24) is 4.98 Å². The fourth-order valence-corrected chi connectivity index (χ4v) is 3.14. The van der Waals surface area contributed by atoms with Crippen molar-refractivity contribution in [3.63, 3.8) is 0 Å². The fraction of sp³-hybridized carbons (Fsp3) is 0.211. The van der Waals surface area contributed by atoms with Crippen LogP contribution in [-0.2, 0) is 0 Å². The van der Waals surface area contributed by atoms with Gasteiger partial charge in [0.2, 0.25) is 0 Å². The molecule has 4 rings (SSSR count). The van der Waals surface area contributed by atoms with Crippen LogP contribution in [0.3, 0.4) is 0 Å². The number of carboxylic acids is 1. The quantitative estimate of drug-likeness (QED) is 0.747. The third kappa shape index (κ3) is 2.68. The molecule has 4 heteroatoms. The summed E-state index contributed by atoms with van der Waals surface area (Å²) >= 11 is 0. The van der Waals surface area contributed by atoms with Crippen LogP contribution in [0.1, 0.15) is 28.3 Å². The maximum atomic E-state index is 11.4. The second kappa shape index (κ2) is 5.47. The molecule has 1 aromatic heterocycles. The maximum absolute atomic E-state index is 11.4. The van der Waals surface area contributed by atoms with Crippen molar-refractivity contribution in [1.29, 1.82) is 0 Å². The topological polar surface area (TPSA) is 62.3 Å². The number of hydrogen-bond donors (Lipinski definition) is 2. The zero-order valence-corrected chi connectivity index (χ0v) is 12.5. The first-order chi connectivity index (χ1) is 11.2. The number of hydrogen-bond acceptors (Lipinski definition) is 2. The van der Waals surface area contributed by atoms with Crippen LogP contribution in [-0.4, -0.2) is 22.7 Å². The van der Waals surface area contributed by atoms with Crippen molar-refractivity contribution in [2.24, 2.45) is 5.92 Å². The van der Waals surface area contributed by atoms with Gasteiger partial charge >= 0.3 is 5.97 Å².